The van der Waals surface area contributed by atoms with Gasteiger partial charge in [-0.05, 0) is 0 Å². The first kappa shape index (κ1) is 4.23. The molecule has 1 aliphatic rings. The van der Waals surface area contributed by atoms with Crippen molar-refractivity contribution >= 4 is 7.28 Å². The molecule has 1 saturated heterocycles. The van der Waals surface area contributed by atoms with E-state index >= 15 is 0 Å². The van der Waals surface area contributed by atoms with Crippen LogP contribution in [0.1, 0.15) is 13.3 Å². The highest BCUT2D eigenvalue weighted by molar-refractivity contribution is 6.36. The summed E-state index contributed by atoms with van der Waals surface area (Å²) in [5.74, 6) is 0.991. The molecule has 1 radical (unpaired) electrons. The third-order valence-electron chi connectivity index (χ3n) is 1.43. The first-order valence-electron chi connectivity index (χ1n) is 2.71. The second-order valence-electron chi connectivity index (χ2n) is 2.21. The van der Waals surface area contributed by atoms with Crippen LogP contribution in [0.4, 0.5) is 0 Å². The van der Waals surface area contributed by atoms with E-state index in [1.165, 1.54) is 19.1 Å². The molecule has 1 rings (SSSR count). The third-order valence-corrected chi connectivity index (χ3v) is 1.43. The molecule has 33 valence electrons. The molecule has 1 unspecified atom stereocenters. The Morgan fingerprint density at radius 2 is 2.50 bits per heavy atom. The predicted molar refractivity (Wildman–Crippen MR) is 29.1 cm³/mol. The van der Waals surface area contributed by atoms with Crippen molar-refractivity contribution in [1.82, 2.24) is 0 Å². The van der Waals surface area contributed by atoms with Gasteiger partial charge < -0.3 is 0 Å². The lowest BCUT2D eigenvalue weighted by Crippen LogP contribution is -1.80. The molecule has 6 heavy (non-hydrogen) atoms. The molecule has 1 aliphatic heterocycles. The highest BCUT2D eigenvalue weighted by Crippen LogP contribution is 2.18. The Morgan fingerprint density at radius 3 is 2.67 bits per heavy atom. The zero-order chi connectivity index (χ0) is 4.41. The van der Waals surface area contributed by atoms with Gasteiger partial charge in [0.1, 0.15) is 7.28 Å². The Balaban J connectivity index is 2.18. The average Bonchev–Trinajstić information content (AvgIpc) is 1.86. The van der Waals surface area contributed by atoms with Gasteiger partial charge in [0, 0.05) is 0 Å². The summed E-state index contributed by atoms with van der Waals surface area (Å²) < 4.78 is 0. The van der Waals surface area contributed by atoms with Crippen molar-refractivity contribution in [2.75, 3.05) is 0 Å². The molecule has 1 atom stereocenters. The van der Waals surface area contributed by atoms with Gasteiger partial charge in [-0.25, -0.2) is 0 Å². The van der Waals surface area contributed by atoms with Crippen LogP contribution in [0.25, 0.3) is 0 Å². The van der Waals surface area contributed by atoms with Crippen LogP contribution < -0.4 is 0 Å². The van der Waals surface area contributed by atoms with Crippen LogP contribution in [0.2, 0.25) is 12.6 Å². The Morgan fingerprint density at radius 1 is 1.67 bits per heavy atom. The van der Waals surface area contributed by atoms with Crippen molar-refractivity contribution in [3.63, 3.8) is 0 Å². The lowest BCUT2D eigenvalue weighted by molar-refractivity contribution is 0.658. The maximum absolute atomic E-state index is 2.38. The van der Waals surface area contributed by atoms with Crippen LogP contribution >= 0.6 is 0 Å². The quantitative estimate of drug-likeness (QED) is 0.388. The summed E-state index contributed by atoms with van der Waals surface area (Å²) in [7, 11) is 2.38. The third kappa shape index (κ3) is 0.765. The summed E-state index contributed by atoms with van der Waals surface area (Å²) in [6, 6.07) is 0. The van der Waals surface area contributed by atoms with Gasteiger partial charge in [-0.15, -0.1) is 0 Å². The maximum Gasteiger partial charge on any atom is 0.109 e. The normalized spacial score (nSPS) is 33.2. The summed E-state index contributed by atoms with van der Waals surface area (Å²) >= 11 is 0. The van der Waals surface area contributed by atoms with Crippen molar-refractivity contribution < 1.29 is 0 Å². The maximum atomic E-state index is 2.38. The summed E-state index contributed by atoms with van der Waals surface area (Å²) in [5, 5.41) is 0. The molecule has 0 bridgehead atoms. The molecule has 0 N–H and O–H groups in total. The van der Waals surface area contributed by atoms with Crippen LogP contribution in [0.3, 0.4) is 0 Å². The molecule has 0 spiro atoms. The van der Waals surface area contributed by atoms with Crippen LogP contribution in [-0.4, -0.2) is 7.28 Å². The largest absolute Gasteiger partial charge is 0.109 e. The van der Waals surface area contributed by atoms with Gasteiger partial charge in [-0.1, -0.05) is 31.9 Å². The van der Waals surface area contributed by atoms with E-state index in [0.717, 1.165) is 5.92 Å². The molecule has 0 aromatic heterocycles. The summed E-state index contributed by atoms with van der Waals surface area (Å²) in [6.07, 6.45) is 4.15. The molecule has 0 aromatic rings. The first-order valence-corrected chi connectivity index (χ1v) is 2.71. The highest BCUT2D eigenvalue weighted by atomic mass is 14.0. The standard InChI is InChI=1S/C5H10B/c1-5-2-3-6-4-5/h5H,2-4H2,1H3. The number of rotatable bonds is 0. The molecular formula is C5H10B. The van der Waals surface area contributed by atoms with Crippen LogP contribution in [-0.2, 0) is 0 Å². The lowest BCUT2D eigenvalue weighted by atomic mass is 9.76. The van der Waals surface area contributed by atoms with E-state index in [-0.39, 0.29) is 0 Å². The van der Waals surface area contributed by atoms with Gasteiger partial charge in [0.2, 0.25) is 0 Å². The Hall–Kier alpha value is 0.0649. The molecule has 1 fully saturated rings. The van der Waals surface area contributed by atoms with Gasteiger partial charge in [-0.2, -0.15) is 0 Å². The van der Waals surface area contributed by atoms with Gasteiger partial charge in [0.25, 0.3) is 0 Å². The smallest absolute Gasteiger partial charge is 0.0801 e. The molecule has 0 saturated carbocycles. The van der Waals surface area contributed by atoms with Crippen LogP contribution in [0.15, 0.2) is 0 Å². The molecule has 1 heterocycles. The predicted octanol–water partition coefficient (Wildman–Crippen LogP) is 1.57. The average molecular weight is 80.9 g/mol. The zero-order valence-electron chi connectivity index (χ0n) is 4.28. The van der Waals surface area contributed by atoms with E-state index in [1.807, 2.05) is 0 Å². The summed E-state index contributed by atoms with van der Waals surface area (Å²) in [5.41, 5.74) is 0. The second-order valence-corrected chi connectivity index (χ2v) is 2.21. The van der Waals surface area contributed by atoms with Crippen molar-refractivity contribution in [2.24, 2.45) is 5.92 Å². The fourth-order valence-corrected chi connectivity index (χ4v) is 0.923. The highest BCUT2D eigenvalue weighted by Gasteiger charge is 2.08. The van der Waals surface area contributed by atoms with E-state index < -0.39 is 0 Å². The van der Waals surface area contributed by atoms with E-state index in [1.54, 1.807) is 0 Å². The Labute approximate surface area is 40.2 Å². The van der Waals surface area contributed by atoms with Gasteiger partial charge in [0.05, 0.1) is 0 Å². The van der Waals surface area contributed by atoms with E-state index in [4.69, 9.17) is 0 Å². The topological polar surface area (TPSA) is 0 Å². The van der Waals surface area contributed by atoms with Crippen molar-refractivity contribution in [3.8, 4) is 0 Å². The monoisotopic (exact) mass is 81.1 g/mol. The minimum absolute atomic E-state index is 0.991. The van der Waals surface area contributed by atoms with E-state index in [0.29, 0.717) is 0 Å². The fraction of sp³-hybridized carbons (Fsp3) is 1.00. The van der Waals surface area contributed by atoms with Crippen LogP contribution in [0, 0.1) is 5.92 Å². The fourth-order valence-electron chi connectivity index (χ4n) is 0.923. The van der Waals surface area contributed by atoms with Crippen molar-refractivity contribution in [1.29, 1.82) is 0 Å². The second kappa shape index (κ2) is 1.68. The molecule has 0 amide bonds. The summed E-state index contributed by atoms with van der Waals surface area (Å²) in [6.45, 7) is 2.31. The Bertz CT molecular complexity index is 37.2. The van der Waals surface area contributed by atoms with Gasteiger partial charge in [-0.3, -0.25) is 0 Å². The molecule has 0 nitrogen and oxygen atoms in total. The minimum atomic E-state index is 0.991. The zero-order valence-corrected chi connectivity index (χ0v) is 4.28. The van der Waals surface area contributed by atoms with Gasteiger partial charge in [0.15, 0.2) is 0 Å². The lowest BCUT2D eigenvalue weighted by Gasteiger charge is -1.92. The minimum Gasteiger partial charge on any atom is -0.0801 e. The molecule has 1 heteroatoms. The van der Waals surface area contributed by atoms with Crippen molar-refractivity contribution in [3.05, 3.63) is 0 Å². The molecular weight excluding hydrogens is 70.9 g/mol. The molecule has 0 aromatic carbocycles. The number of hydrogen-bond acceptors (Lipinski definition) is 0. The number of hydrogen-bond donors (Lipinski definition) is 0. The molecule has 0 aliphatic carbocycles. The van der Waals surface area contributed by atoms with Gasteiger partial charge >= 0.3 is 0 Å². The first-order chi connectivity index (χ1) is 2.89. The van der Waals surface area contributed by atoms with Crippen LogP contribution in [0.5, 0.6) is 0 Å². The Kier molecular flexibility index (Phi) is 1.18. The van der Waals surface area contributed by atoms with E-state index in [2.05, 4.69) is 14.2 Å². The summed E-state index contributed by atoms with van der Waals surface area (Å²) in [4.78, 5) is 0. The van der Waals surface area contributed by atoms with Crippen molar-refractivity contribution in [2.45, 2.75) is 26.0 Å². The SMILES string of the molecule is CC1C[B]CC1. The van der Waals surface area contributed by atoms with E-state index in [9.17, 15) is 0 Å².